The highest BCUT2D eigenvalue weighted by molar-refractivity contribution is 6.19. The van der Waals surface area contributed by atoms with Gasteiger partial charge in [-0.15, -0.1) is 0 Å². The molecule has 2 aromatic rings. The van der Waals surface area contributed by atoms with Crippen LogP contribution in [0.25, 0.3) is 5.57 Å². The van der Waals surface area contributed by atoms with Gasteiger partial charge in [0.2, 0.25) is 11.9 Å². The second-order valence-electron chi connectivity index (χ2n) is 16.1. The Morgan fingerprint density at radius 3 is 2.54 bits per heavy atom. The Balaban J connectivity index is 1.41. The van der Waals surface area contributed by atoms with Crippen molar-refractivity contribution in [1.29, 1.82) is 0 Å². The molecule has 14 nitrogen and oxygen atoms in total. The van der Waals surface area contributed by atoms with E-state index in [9.17, 15) is 24.6 Å². The number of ether oxygens (including phenoxy) is 2. The Morgan fingerprint density at radius 2 is 1.91 bits per heavy atom. The lowest BCUT2D eigenvalue weighted by Crippen LogP contribution is -2.62. The number of fused-ring (bicyclic) bond motifs is 1. The van der Waals surface area contributed by atoms with Crippen LogP contribution in [0.2, 0.25) is 0 Å². The predicted octanol–water partition coefficient (Wildman–Crippen LogP) is 4.03. The number of aliphatic imine (C=N–C) groups is 2. The summed E-state index contributed by atoms with van der Waals surface area (Å²) in [5.41, 5.74) is 1.38. The highest BCUT2D eigenvalue weighted by Gasteiger charge is 2.60. The number of aromatic nitrogens is 1. The van der Waals surface area contributed by atoms with Gasteiger partial charge in [-0.3, -0.25) is 15.4 Å². The number of rotatable bonds is 13. The van der Waals surface area contributed by atoms with Crippen LogP contribution in [-0.4, -0.2) is 103 Å². The monoisotopic (exact) mass is 781 g/mol. The van der Waals surface area contributed by atoms with Gasteiger partial charge in [-0.2, -0.15) is 0 Å². The van der Waals surface area contributed by atoms with E-state index < -0.39 is 47.0 Å². The molecule has 4 aliphatic rings. The zero-order valence-electron chi connectivity index (χ0n) is 33.6. The lowest BCUT2D eigenvalue weighted by atomic mass is 9.45. The second-order valence-corrected chi connectivity index (χ2v) is 16.1. The van der Waals surface area contributed by atoms with Gasteiger partial charge in [0.05, 0.1) is 43.5 Å². The number of hydrogen-bond donors (Lipinski definition) is 5. The van der Waals surface area contributed by atoms with E-state index in [-0.39, 0.29) is 53.8 Å². The van der Waals surface area contributed by atoms with Gasteiger partial charge in [0.15, 0.2) is 0 Å². The molecule has 8 atom stereocenters. The first kappa shape index (κ1) is 41.5. The van der Waals surface area contributed by atoms with E-state index in [2.05, 4.69) is 44.4 Å². The maximum atomic E-state index is 14.1. The number of carbonyl (C=O) groups excluding carboxylic acids is 3. The number of cyclic esters (lactones) is 1. The zero-order chi connectivity index (χ0) is 41.1. The minimum Gasteiger partial charge on any atom is -0.462 e. The summed E-state index contributed by atoms with van der Waals surface area (Å²) in [4.78, 5) is 55.7. The van der Waals surface area contributed by atoms with Gasteiger partial charge < -0.3 is 29.9 Å². The van der Waals surface area contributed by atoms with Gasteiger partial charge >= 0.3 is 11.9 Å². The lowest BCUT2D eigenvalue weighted by Gasteiger charge is -2.62. The summed E-state index contributed by atoms with van der Waals surface area (Å²) in [5, 5.41) is 32.1. The number of carbonyl (C=O) groups is 3. The minimum absolute atomic E-state index is 0.0784. The van der Waals surface area contributed by atoms with Crippen LogP contribution in [0.5, 0.6) is 0 Å². The van der Waals surface area contributed by atoms with E-state index >= 15 is 0 Å². The molecule has 3 heterocycles. The van der Waals surface area contributed by atoms with Gasteiger partial charge in [-0.05, 0) is 92.7 Å². The van der Waals surface area contributed by atoms with Gasteiger partial charge in [0.1, 0.15) is 17.2 Å². The van der Waals surface area contributed by atoms with Crippen LogP contribution in [0, 0.1) is 22.7 Å². The summed E-state index contributed by atoms with van der Waals surface area (Å²) in [6.07, 6.45) is 6.10. The molecule has 2 aliphatic heterocycles. The quantitative estimate of drug-likeness (QED) is 0.112. The van der Waals surface area contributed by atoms with E-state index in [0.29, 0.717) is 43.6 Å². The van der Waals surface area contributed by atoms with Crippen LogP contribution in [0.15, 0.2) is 88.2 Å². The maximum absolute atomic E-state index is 14.1. The number of nitrogens with one attached hydrogen (secondary N) is 3. The first-order valence-corrected chi connectivity index (χ1v) is 19.6. The number of aliphatic hydroxyl groups excluding tert-OH is 2. The number of benzene rings is 1. The first-order valence-electron chi connectivity index (χ1n) is 19.6. The number of nitrogens with zero attached hydrogens (tertiary/aromatic N) is 4. The van der Waals surface area contributed by atoms with Crippen molar-refractivity contribution in [2.24, 2.45) is 32.7 Å². The molecule has 304 valence electrons. The number of aliphatic hydroxyl groups is 2. The fraction of sp³-hybridized carbons (Fsp3) is 0.488. The molecule has 1 amide bonds. The number of amides is 1. The Labute approximate surface area is 334 Å². The molecule has 0 spiro atoms. The Kier molecular flexibility index (Phi) is 12.5. The van der Waals surface area contributed by atoms with E-state index in [1.165, 1.54) is 0 Å². The maximum Gasteiger partial charge on any atom is 0.342 e. The summed E-state index contributed by atoms with van der Waals surface area (Å²) in [5.74, 6) is -1.18. The summed E-state index contributed by atoms with van der Waals surface area (Å²) < 4.78 is 11.4. The largest absolute Gasteiger partial charge is 0.462 e. The molecule has 14 heteroatoms. The SMILES string of the molecule is C=C1C(NC(C)C(=O)NC2=NCC=N2)CC2[C@](C)(CC[C@@H](O)[C@@]2(C)CO)C1CC(Nc1ccccn1)C1=C/C(=C(/C(=O)OCC)c2ccc(N(C)C)cc2)OC1=O. The van der Waals surface area contributed by atoms with Crippen LogP contribution < -0.4 is 20.9 Å². The summed E-state index contributed by atoms with van der Waals surface area (Å²) >= 11 is 0. The number of anilines is 2. The molecule has 0 saturated heterocycles. The number of allylic oxidation sites excluding steroid dienone is 1. The van der Waals surface area contributed by atoms with Crippen LogP contribution in [0.1, 0.15) is 58.9 Å². The second kappa shape index (κ2) is 17.1. The smallest absolute Gasteiger partial charge is 0.342 e. The van der Waals surface area contributed by atoms with E-state index in [1.807, 2.05) is 50.2 Å². The van der Waals surface area contributed by atoms with Crippen molar-refractivity contribution in [1.82, 2.24) is 15.6 Å². The standard InChI is InChI=1S/C43H55N7O7/c1-8-56-40(55)37(27-12-14-28(15-13-27)50(6)7)33-21-29(39(54)57-33)32(48-36-11-9-10-18-44-36)22-30-25(2)31(47-26(3)38(53)49-41-45-19-20-46-41)23-34-42(30,4)17-16-35(52)43(34,5)24-51/h9-15,18-19,21,26,30-32,34-35,47,51-52H,2,8,16-17,20,22-24H2,1,3-7H3,(H,44,48)(H,46,49,53)/b37-33-/t26?,30?,31?,32?,34?,35-,42-,43+/m1/s1. The van der Waals surface area contributed by atoms with Crippen LogP contribution in [0.3, 0.4) is 0 Å². The summed E-state index contributed by atoms with van der Waals surface area (Å²) in [6, 6.07) is 11.0. The molecule has 2 saturated carbocycles. The fourth-order valence-electron chi connectivity index (χ4n) is 9.09. The predicted molar refractivity (Wildman–Crippen MR) is 219 cm³/mol. The molecular formula is C43H55N7O7. The van der Waals surface area contributed by atoms with Crippen molar-refractivity contribution in [2.45, 2.75) is 77.6 Å². The van der Waals surface area contributed by atoms with Crippen LogP contribution >= 0.6 is 0 Å². The number of esters is 2. The van der Waals surface area contributed by atoms with Gasteiger partial charge in [0.25, 0.3) is 0 Å². The van der Waals surface area contributed by atoms with Gasteiger partial charge in [-0.1, -0.05) is 44.2 Å². The molecule has 5 unspecified atom stereocenters. The Hall–Kier alpha value is -5.18. The zero-order valence-corrected chi connectivity index (χ0v) is 33.6. The van der Waals surface area contributed by atoms with E-state index in [4.69, 9.17) is 9.47 Å². The molecule has 5 N–H and O–H groups in total. The topological polar surface area (TPSA) is 187 Å². The van der Waals surface area contributed by atoms with Crippen LogP contribution in [0.4, 0.5) is 11.5 Å². The van der Waals surface area contributed by atoms with Gasteiger partial charge in [-0.25, -0.2) is 24.6 Å². The molecule has 2 aliphatic carbocycles. The lowest BCUT2D eigenvalue weighted by molar-refractivity contribution is -0.156. The van der Waals surface area contributed by atoms with Crippen molar-refractivity contribution in [3.05, 3.63) is 83.8 Å². The highest BCUT2D eigenvalue weighted by atomic mass is 16.6. The fourth-order valence-corrected chi connectivity index (χ4v) is 9.09. The van der Waals surface area contributed by atoms with Crippen LogP contribution in [-0.2, 0) is 23.9 Å². The third-order valence-electron chi connectivity index (χ3n) is 12.4. The normalized spacial score (nSPS) is 28.7. The molecule has 57 heavy (non-hydrogen) atoms. The Morgan fingerprint density at radius 1 is 1.16 bits per heavy atom. The number of pyridine rings is 1. The molecule has 1 aromatic carbocycles. The molecular weight excluding hydrogens is 727 g/mol. The first-order chi connectivity index (χ1) is 27.2. The average molecular weight is 782 g/mol. The van der Waals surface area contributed by atoms with Crippen molar-refractivity contribution in [3.8, 4) is 0 Å². The van der Waals surface area contributed by atoms with Gasteiger partial charge in [0, 0.05) is 43.7 Å². The molecule has 6 rings (SSSR count). The highest BCUT2D eigenvalue weighted by Crippen LogP contribution is 2.62. The van der Waals surface area contributed by atoms with Crippen molar-refractivity contribution < 1.29 is 34.1 Å². The minimum atomic E-state index is -0.854. The Bertz CT molecular complexity index is 1980. The summed E-state index contributed by atoms with van der Waals surface area (Å²) in [6.45, 7) is 12.5. The molecule has 0 bridgehead atoms. The molecule has 1 aromatic heterocycles. The van der Waals surface area contributed by atoms with E-state index in [0.717, 1.165) is 11.3 Å². The van der Waals surface area contributed by atoms with Crippen molar-refractivity contribution in [3.63, 3.8) is 0 Å². The molecule has 2 fully saturated rings. The van der Waals surface area contributed by atoms with E-state index in [1.54, 1.807) is 50.5 Å². The van der Waals surface area contributed by atoms with Crippen molar-refractivity contribution >= 4 is 47.1 Å². The summed E-state index contributed by atoms with van der Waals surface area (Å²) in [7, 11) is 3.84. The molecule has 0 radical (unpaired) electrons. The third kappa shape index (κ3) is 8.44. The number of guanidine groups is 1. The average Bonchev–Trinajstić information content (AvgIpc) is 3.85. The third-order valence-corrected chi connectivity index (χ3v) is 12.4. The number of hydrogen-bond acceptors (Lipinski definition) is 13. The van der Waals surface area contributed by atoms with Crippen molar-refractivity contribution in [2.75, 3.05) is 44.1 Å².